The van der Waals surface area contributed by atoms with Crippen molar-refractivity contribution in [2.45, 2.75) is 13.0 Å². The van der Waals surface area contributed by atoms with Gasteiger partial charge in [-0.3, -0.25) is 13.3 Å². The molecule has 1 rings (SSSR count). The molecule has 1 heterocycles. The molecule has 1 saturated heterocycles. The second-order valence-electron chi connectivity index (χ2n) is 4.01. The van der Waals surface area contributed by atoms with Gasteiger partial charge < -0.3 is 14.6 Å². The molecular formula is C13H17N2O4S-. The first kappa shape index (κ1) is 16.2. The maximum atomic E-state index is 11.3. The van der Waals surface area contributed by atoms with Crippen LogP contribution in [0.5, 0.6) is 0 Å². The van der Waals surface area contributed by atoms with E-state index in [1.54, 1.807) is 12.2 Å². The van der Waals surface area contributed by atoms with E-state index in [0.717, 1.165) is 4.31 Å². The maximum absolute atomic E-state index is 11.3. The van der Waals surface area contributed by atoms with E-state index in [1.807, 2.05) is 0 Å². The lowest BCUT2D eigenvalue weighted by atomic mass is 10.2. The number of morpholine rings is 1. The lowest BCUT2D eigenvalue weighted by molar-refractivity contribution is -0.119. The molecule has 0 bridgehead atoms. The Morgan fingerprint density at radius 1 is 1.55 bits per heavy atom. The molecule has 0 aromatic carbocycles. The van der Waals surface area contributed by atoms with Crippen LogP contribution in [0.4, 0.5) is 0 Å². The molecule has 0 saturated carbocycles. The highest BCUT2D eigenvalue weighted by Gasteiger charge is 2.28. The largest absolute Gasteiger partial charge is 0.755 e. The summed E-state index contributed by atoms with van der Waals surface area (Å²) in [6.07, 6.45) is 5.61. The lowest BCUT2D eigenvalue weighted by Gasteiger charge is -2.38. The van der Waals surface area contributed by atoms with Crippen molar-refractivity contribution in [1.29, 1.82) is 0 Å². The second kappa shape index (κ2) is 7.66. The molecule has 6 nitrogen and oxygen atoms in total. The summed E-state index contributed by atoms with van der Waals surface area (Å²) >= 11 is -2.44. The van der Waals surface area contributed by atoms with Crippen LogP contribution in [0.25, 0.3) is 0 Å². The summed E-state index contributed by atoms with van der Waals surface area (Å²) < 4.78 is 29.5. The number of hydrogen-bond acceptors (Lipinski definition) is 4. The molecule has 1 aliphatic heterocycles. The zero-order valence-electron chi connectivity index (χ0n) is 11.2. The number of hydrogen-bond donors (Lipinski definition) is 1. The molecule has 2 atom stereocenters. The smallest absolute Gasteiger partial charge is 0.217 e. The van der Waals surface area contributed by atoms with Gasteiger partial charge >= 0.3 is 0 Å². The Hall–Kier alpha value is -1.86. The van der Waals surface area contributed by atoms with E-state index >= 15 is 0 Å². The van der Waals surface area contributed by atoms with Crippen molar-refractivity contribution >= 4 is 17.2 Å². The van der Waals surface area contributed by atoms with Gasteiger partial charge in [-0.15, -0.1) is 0 Å². The fourth-order valence-corrected chi connectivity index (χ4v) is 2.30. The van der Waals surface area contributed by atoms with Gasteiger partial charge in [-0.05, 0) is 12.2 Å². The molecule has 0 aromatic rings. The third kappa shape index (κ3) is 4.36. The highest BCUT2D eigenvalue weighted by Crippen LogP contribution is 2.26. The van der Waals surface area contributed by atoms with Crippen LogP contribution in [-0.2, 0) is 20.8 Å². The molecule has 1 fully saturated rings. The van der Waals surface area contributed by atoms with Crippen LogP contribution in [0.3, 0.4) is 0 Å². The highest BCUT2D eigenvalue weighted by molar-refractivity contribution is 7.76. The van der Waals surface area contributed by atoms with Crippen molar-refractivity contribution in [2.75, 3.05) is 13.1 Å². The summed E-state index contributed by atoms with van der Waals surface area (Å²) in [5.74, 6) is 0.163. The topological polar surface area (TPSA) is 81.7 Å². The van der Waals surface area contributed by atoms with E-state index in [-0.39, 0.29) is 19.0 Å². The van der Waals surface area contributed by atoms with Crippen LogP contribution >= 0.6 is 0 Å². The molecule has 0 aliphatic carbocycles. The average Bonchev–Trinajstić information content (AvgIpc) is 2.38. The maximum Gasteiger partial charge on any atom is 0.217 e. The van der Waals surface area contributed by atoms with E-state index in [2.05, 4.69) is 18.5 Å². The first-order valence-electron chi connectivity index (χ1n) is 5.93. The van der Waals surface area contributed by atoms with Gasteiger partial charge in [0, 0.05) is 18.2 Å². The molecular weight excluding hydrogens is 280 g/mol. The van der Waals surface area contributed by atoms with Gasteiger partial charge in [0.25, 0.3) is 0 Å². The number of carbonyl (C=O) groups excluding carboxylic acids is 1. The fourth-order valence-electron chi connectivity index (χ4n) is 1.70. The molecule has 110 valence electrons. The predicted octanol–water partition coefficient (Wildman–Crippen LogP) is 0.757. The number of nitrogens with zero attached hydrogens (tertiary/aromatic N) is 1. The van der Waals surface area contributed by atoms with Crippen molar-refractivity contribution in [2.24, 2.45) is 0 Å². The van der Waals surface area contributed by atoms with Crippen LogP contribution in [0, 0.1) is 0 Å². The number of carbonyl (C=O) groups is 1. The number of allylic oxidation sites excluding steroid dienone is 4. The Morgan fingerprint density at radius 2 is 2.20 bits per heavy atom. The monoisotopic (exact) mass is 297 g/mol. The lowest BCUT2D eigenvalue weighted by Crippen LogP contribution is -2.45. The minimum atomic E-state index is -2.44. The van der Waals surface area contributed by atoms with E-state index in [1.165, 1.54) is 19.1 Å². The Morgan fingerprint density at radius 3 is 2.70 bits per heavy atom. The third-order valence-corrected chi connectivity index (χ3v) is 3.19. The van der Waals surface area contributed by atoms with Gasteiger partial charge in [0.2, 0.25) is 5.91 Å². The first-order valence-corrected chi connectivity index (χ1v) is 6.96. The van der Waals surface area contributed by atoms with Gasteiger partial charge in [-0.25, -0.2) is 0 Å². The summed E-state index contributed by atoms with van der Waals surface area (Å²) in [5.41, 5.74) is 0.382. The molecule has 0 spiro atoms. The van der Waals surface area contributed by atoms with Crippen molar-refractivity contribution in [3.05, 3.63) is 48.9 Å². The van der Waals surface area contributed by atoms with Gasteiger partial charge in [-0.1, -0.05) is 25.3 Å². The van der Waals surface area contributed by atoms with Crippen LogP contribution < -0.4 is 5.32 Å². The molecule has 1 unspecified atom stereocenters. The molecule has 1 aliphatic rings. The van der Waals surface area contributed by atoms with Crippen molar-refractivity contribution in [1.82, 2.24) is 9.62 Å². The Bertz CT molecular complexity index is 485. The van der Waals surface area contributed by atoms with E-state index in [0.29, 0.717) is 11.5 Å². The minimum absolute atomic E-state index is 0.116. The van der Waals surface area contributed by atoms with Crippen LogP contribution in [0.2, 0.25) is 0 Å². The highest BCUT2D eigenvalue weighted by atomic mass is 32.2. The molecule has 7 heteroatoms. The fraction of sp³-hybridized carbons (Fsp3) is 0.308. The molecule has 1 N–H and O–H groups in total. The summed E-state index contributed by atoms with van der Waals surface area (Å²) in [6, 6.07) is 0. The summed E-state index contributed by atoms with van der Waals surface area (Å²) in [6.45, 7) is 8.84. The minimum Gasteiger partial charge on any atom is -0.755 e. The zero-order chi connectivity index (χ0) is 15.1. The zero-order valence-corrected chi connectivity index (χ0v) is 12.0. The van der Waals surface area contributed by atoms with Crippen molar-refractivity contribution < 1.29 is 18.3 Å². The summed E-state index contributed by atoms with van der Waals surface area (Å²) in [7, 11) is 0. The van der Waals surface area contributed by atoms with Crippen LogP contribution in [-0.4, -0.2) is 38.2 Å². The van der Waals surface area contributed by atoms with Gasteiger partial charge in [-0.2, -0.15) is 0 Å². The Kier molecular flexibility index (Phi) is 6.20. The number of rotatable bonds is 5. The third-order valence-electron chi connectivity index (χ3n) is 2.49. The van der Waals surface area contributed by atoms with E-state index in [4.69, 9.17) is 4.74 Å². The standard InChI is InChI=1S/C13H18N2O4S/c1-4-6-12-13(7-5-2)19-11(8-14-10(3)16)9-15(12)20(17)18/h4-7,11H,1-2,8-9H2,3H3,(H,14,16)(H,17,18)/p-1/b12-6+,13-7+/t11-/m0/s1. The molecule has 1 amide bonds. The molecule has 0 radical (unpaired) electrons. The van der Waals surface area contributed by atoms with E-state index < -0.39 is 17.4 Å². The SMILES string of the molecule is C=C/C=C1/O[C@@H](CNC(C)=O)CN(S(=O)[O-])/C1=C/C=C. The van der Waals surface area contributed by atoms with Crippen LogP contribution in [0.1, 0.15) is 6.92 Å². The molecule has 0 aromatic heterocycles. The van der Waals surface area contributed by atoms with Crippen molar-refractivity contribution in [3.63, 3.8) is 0 Å². The average molecular weight is 297 g/mol. The quantitative estimate of drug-likeness (QED) is 0.759. The Balaban J connectivity index is 3.00. The normalized spacial score (nSPS) is 24.1. The second-order valence-corrected chi connectivity index (χ2v) is 4.88. The number of amides is 1. The van der Waals surface area contributed by atoms with Crippen molar-refractivity contribution in [3.8, 4) is 0 Å². The molecule has 20 heavy (non-hydrogen) atoms. The number of ether oxygens (including phenoxy) is 1. The first-order chi connectivity index (χ1) is 9.49. The Labute approximate surface area is 120 Å². The van der Waals surface area contributed by atoms with Gasteiger partial charge in [0.1, 0.15) is 11.9 Å². The van der Waals surface area contributed by atoms with Gasteiger partial charge in [0.15, 0.2) is 0 Å². The predicted molar refractivity (Wildman–Crippen MR) is 75.7 cm³/mol. The van der Waals surface area contributed by atoms with Gasteiger partial charge in [0.05, 0.1) is 18.8 Å². The summed E-state index contributed by atoms with van der Waals surface area (Å²) in [5, 5.41) is 2.60. The summed E-state index contributed by atoms with van der Waals surface area (Å²) in [4.78, 5) is 10.9. The number of nitrogens with one attached hydrogen (secondary N) is 1. The van der Waals surface area contributed by atoms with E-state index in [9.17, 15) is 13.6 Å². The van der Waals surface area contributed by atoms with Crippen LogP contribution in [0.15, 0.2) is 48.9 Å².